The molecule has 0 bridgehead atoms. The lowest BCUT2D eigenvalue weighted by Gasteiger charge is -2.31. The number of benzene rings is 1. The molecule has 3 heteroatoms. The summed E-state index contributed by atoms with van der Waals surface area (Å²) in [6.07, 6.45) is 6.29. The first kappa shape index (κ1) is 15.3. The summed E-state index contributed by atoms with van der Waals surface area (Å²) in [4.78, 5) is 0. The number of hydrogen-bond donors (Lipinski definition) is 2. The van der Waals surface area contributed by atoms with Crippen LogP contribution in [-0.4, -0.2) is 22.4 Å². The largest absolute Gasteiger partial charge is 0.491 e. The first-order valence-electron chi connectivity index (χ1n) is 7.76. The second-order valence-corrected chi connectivity index (χ2v) is 5.95. The molecule has 112 valence electrons. The third-order valence-corrected chi connectivity index (χ3v) is 4.10. The number of aliphatic hydroxyl groups excluding tert-OH is 1. The van der Waals surface area contributed by atoms with Gasteiger partial charge in [0.2, 0.25) is 0 Å². The van der Waals surface area contributed by atoms with Crippen LogP contribution in [0.15, 0.2) is 24.3 Å². The second kappa shape index (κ2) is 7.09. The minimum Gasteiger partial charge on any atom is -0.491 e. The average molecular weight is 278 g/mol. The smallest absolute Gasteiger partial charge is 0.119 e. The molecular formula is C17H26O3. The van der Waals surface area contributed by atoms with E-state index in [-0.39, 0.29) is 0 Å². The molecule has 1 aromatic rings. The van der Waals surface area contributed by atoms with Crippen LogP contribution in [0.2, 0.25) is 0 Å². The van der Waals surface area contributed by atoms with E-state index in [0.717, 1.165) is 49.8 Å². The molecule has 0 spiro atoms. The predicted molar refractivity (Wildman–Crippen MR) is 79.8 cm³/mol. The topological polar surface area (TPSA) is 49.7 Å². The molecule has 1 unspecified atom stereocenters. The maximum Gasteiger partial charge on any atom is 0.119 e. The number of hydrogen-bond acceptors (Lipinski definition) is 3. The molecule has 0 heterocycles. The maximum absolute atomic E-state index is 10.4. The van der Waals surface area contributed by atoms with Crippen molar-refractivity contribution >= 4 is 0 Å². The zero-order valence-corrected chi connectivity index (χ0v) is 12.3. The molecule has 0 radical (unpaired) electrons. The summed E-state index contributed by atoms with van der Waals surface area (Å²) in [5.74, 6) is 0.733. The van der Waals surface area contributed by atoms with Crippen LogP contribution in [0, 0.1) is 0 Å². The second-order valence-electron chi connectivity index (χ2n) is 5.95. The Morgan fingerprint density at radius 2 is 2.00 bits per heavy atom. The summed E-state index contributed by atoms with van der Waals surface area (Å²) in [6.45, 7) is 2.41. The first-order valence-corrected chi connectivity index (χ1v) is 7.76. The van der Waals surface area contributed by atoms with Crippen LogP contribution >= 0.6 is 0 Å². The fourth-order valence-electron chi connectivity index (χ4n) is 2.82. The summed E-state index contributed by atoms with van der Waals surface area (Å²) in [5, 5.41) is 20.4. The van der Waals surface area contributed by atoms with E-state index in [2.05, 4.69) is 6.92 Å². The van der Waals surface area contributed by atoms with Gasteiger partial charge in [-0.1, -0.05) is 44.7 Å². The molecular weight excluding hydrogens is 252 g/mol. The summed E-state index contributed by atoms with van der Waals surface area (Å²) in [7, 11) is 0. The zero-order valence-electron chi connectivity index (χ0n) is 12.3. The van der Waals surface area contributed by atoms with Crippen LogP contribution in [0.4, 0.5) is 0 Å². The molecule has 1 saturated carbocycles. The van der Waals surface area contributed by atoms with Gasteiger partial charge >= 0.3 is 0 Å². The van der Waals surface area contributed by atoms with E-state index in [9.17, 15) is 10.2 Å². The standard InChI is InChI=1S/C17H26O3/c1-2-7-16(18)14-8-6-9-15(12-14)20-13-17(19)10-4-3-5-11-17/h6,8-9,12,16,18-19H,2-5,7,10-11,13H2,1H3. The van der Waals surface area contributed by atoms with Crippen molar-refractivity contribution < 1.29 is 14.9 Å². The Morgan fingerprint density at radius 3 is 2.70 bits per heavy atom. The van der Waals surface area contributed by atoms with E-state index < -0.39 is 11.7 Å². The molecule has 3 nitrogen and oxygen atoms in total. The van der Waals surface area contributed by atoms with E-state index in [4.69, 9.17) is 4.74 Å². The van der Waals surface area contributed by atoms with Crippen LogP contribution < -0.4 is 4.74 Å². The van der Waals surface area contributed by atoms with Gasteiger partial charge in [0.1, 0.15) is 12.4 Å². The van der Waals surface area contributed by atoms with Gasteiger partial charge in [0.15, 0.2) is 0 Å². The van der Waals surface area contributed by atoms with E-state index in [1.165, 1.54) is 6.42 Å². The van der Waals surface area contributed by atoms with Gasteiger partial charge in [-0.15, -0.1) is 0 Å². The number of rotatable bonds is 6. The molecule has 1 aliphatic carbocycles. The molecule has 1 fully saturated rings. The molecule has 2 rings (SSSR count). The summed E-state index contributed by atoms with van der Waals surface area (Å²) in [5.41, 5.74) is 0.219. The molecule has 0 aromatic heterocycles. The Labute approximate surface area is 121 Å². The quantitative estimate of drug-likeness (QED) is 0.836. The third-order valence-electron chi connectivity index (χ3n) is 4.10. The Morgan fingerprint density at radius 1 is 1.25 bits per heavy atom. The van der Waals surface area contributed by atoms with Crippen molar-refractivity contribution in [3.05, 3.63) is 29.8 Å². The summed E-state index contributed by atoms with van der Waals surface area (Å²) < 4.78 is 5.76. The Hall–Kier alpha value is -1.06. The fraction of sp³-hybridized carbons (Fsp3) is 0.647. The minimum absolute atomic E-state index is 0.348. The van der Waals surface area contributed by atoms with Crippen molar-refractivity contribution in [3.63, 3.8) is 0 Å². The highest BCUT2D eigenvalue weighted by molar-refractivity contribution is 5.30. The molecule has 1 aliphatic rings. The number of aliphatic hydroxyl groups is 2. The first-order chi connectivity index (χ1) is 9.63. The predicted octanol–water partition coefficient (Wildman–Crippen LogP) is 3.59. The summed E-state index contributed by atoms with van der Waals surface area (Å²) in [6, 6.07) is 7.58. The van der Waals surface area contributed by atoms with Gasteiger partial charge < -0.3 is 14.9 Å². The minimum atomic E-state index is -0.670. The van der Waals surface area contributed by atoms with Gasteiger partial charge in [0, 0.05) is 0 Å². The normalized spacial score (nSPS) is 19.6. The van der Waals surface area contributed by atoms with Gasteiger partial charge in [0.25, 0.3) is 0 Å². The zero-order chi connectivity index (χ0) is 14.4. The van der Waals surface area contributed by atoms with Crippen molar-refractivity contribution in [1.82, 2.24) is 0 Å². The van der Waals surface area contributed by atoms with Crippen LogP contribution in [0.25, 0.3) is 0 Å². The molecule has 1 aromatic carbocycles. The monoisotopic (exact) mass is 278 g/mol. The van der Waals surface area contributed by atoms with Crippen LogP contribution in [-0.2, 0) is 0 Å². The van der Waals surface area contributed by atoms with Crippen LogP contribution in [0.5, 0.6) is 5.75 Å². The van der Waals surface area contributed by atoms with Crippen LogP contribution in [0.3, 0.4) is 0 Å². The Balaban J connectivity index is 1.94. The molecule has 1 atom stereocenters. The molecule has 2 N–H and O–H groups in total. The lowest BCUT2D eigenvalue weighted by molar-refractivity contribution is -0.0339. The van der Waals surface area contributed by atoms with Crippen LogP contribution in [0.1, 0.15) is 63.5 Å². The number of ether oxygens (including phenoxy) is 1. The van der Waals surface area contributed by atoms with Gasteiger partial charge in [-0.05, 0) is 37.0 Å². The van der Waals surface area contributed by atoms with Crippen molar-refractivity contribution in [2.75, 3.05) is 6.61 Å². The van der Waals surface area contributed by atoms with Gasteiger partial charge in [-0.25, -0.2) is 0 Å². The maximum atomic E-state index is 10.4. The highest BCUT2D eigenvalue weighted by Crippen LogP contribution is 2.29. The Kier molecular flexibility index (Phi) is 5.44. The fourth-order valence-corrected chi connectivity index (χ4v) is 2.82. The van der Waals surface area contributed by atoms with Gasteiger partial charge in [-0.3, -0.25) is 0 Å². The van der Waals surface area contributed by atoms with Crippen molar-refractivity contribution in [1.29, 1.82) is 0 Å². The van der Waals surface area contributed by atoms with E-state index in [1.807, 2.05) is 24.3 Å². The third kappa shape index (κ3) is 4.22. The molecule has 0 aliphatic heterocycles. The van der Waals surface area contributed by atoms with E-state index >= 15 is 0 Å². The Bertz CT molecular complexity index is 410. The lowest BCUT2D eigenvalue weighted by atomic mass is 9.85. The van der Waals surface area contributed by atoms with Gasteiger partial charge in [-0.2, -0.15) is 0 Å². The highest BCUT2D eigenvalue weighted by Gasteiger charge is 2.29. The van der Waals surface area contributed by atoms with E-state index in [1.54, 1.807) is 0 Å². The SMILES string of the molecule is CCCC(O)c1cccc(OCC2(O)CCCCC2)c1. The molecule has 0 saturated heterocycles. The average Bonchev–Trinajstić information content (AvgIpc) is 2.47. The van der Waals surface area contributed by atoms with Crippen molar-refractivity contribution in [2.45, 2.75) is 63.6 Å². The highest BCUT2D eigenvalue weighted by atomic mass is 16.5. The van der Waals surface area contributed by atoms with Gasteiger partial charge in [0.05, 0.1) is 11.7 Å². The van der Waals surface area contributed by atoms with Crippen molar-refractivity contribution in [3.8, 4) is 5.75 Å². The molecule has 20 heavy (non-hydrogen) atoms. The van der Waals surface area contributed by atoms with Crippen molar-refractivity contribution in [2.24, 2.45) is 0 Å². The van der Waals surface area contributed by atoms with E-state index in [0.29, 0.717) is 6.61 Å². The lowest BCUT2D eigenvalue weighted by Crippen LogP contribution is -2.37. The molecule has 0 amide bonds. The summed E-state index contributed by atoms with van der Waals surface area (Å²) >= 11 is 0.